The van der Waals surface area contributed by atoms with Gasteiger partial charge >= 0.3 is 0 Å². The molecule has 0 aliphatic rings. The zero-order valence-corrected chi connectivity index (χ0v) is 9.96. The van der Waals surface area contributed by atoms with Crippen LogP contribution in [0.1, 0.15) is 6.92 Å². The van der Waals surface area contributed by atoms with Crippen LogP contribution in [0, 0.1) is 0 Å². The molecule has 0 atom stereocenters. The fourth-order valence-corrected chi connectivity index (χ4v) is 1.58. The zero-order valence-electron chi connectivity index (χ0n) is 9.15. The molecule has 0 aliphatic carbocycles. The highest BCUT2D eigenvalue weighted by Gasteiger charge is 2.29. The second-order valence-corrected chi connectivity index (χ2v) is 4.35. The van der Waals surface area contributed by atoms with Crippen LogP contribution in [0.15, 0.2) is 0 Å². The predicted octanol–water partition coefficient (Wildman–Crippen LogP) is 1.53. The van der Waals surface area contributed by atoms with Crippen molar-refractivity contribution in [1.29, 1.82) is 0 Å². The van der Waals surface area contributed by atoms with Crippen LogP contribution in [0.4, 0.5) is 8.78 Å². The van der Waals surface area contributed by atoms with Crippen molar-refractivity contribution in [2.45, 2.75) is 12.8 Å². The SMILES string of the molecule is CCNCC(F)(F)CN(C)CCSC. The number of halogens is 2. The fourth-order valence-electron chi connectivity index (χ4n) is 1.08. The zero-order chi connectivity index (χ0) is 11.0. The molecule has 0 saturated heterocycles. The Morgan fingerprint density at radius 2 is 2.07 bits per heavy atom. The molecule has 0 aromatic carbocycles. The summed E-state index contributed by atoms with van der Waals surface area (Å²) in [6.45, 7) is 2.73. The minimum Gasteiger partial charge on any atom is -0.311 e. The minimum absolute atomic E-state index is 0.166. The van der Waals surface area contributed by atoms with Gasteiger partial charge in [0.25, 0.3) is 5.92 Å². The van der Waals surface area contributed by atoms with Crippen LogP contribution in [0.3, 0.4) is 0 Å². The van der Waals surface area contributed by atoms with Crippen LogP contribution in [0.2, 0.25) is 0 Å². The molecule has 0 rings (SSSR count). The third-order valence-electron chi connectivity index (χ3n) is 1.81. The van der Waals surface area contributed by atoms with E-state index in [1.165, 1.54) is 0 Å². The molecule has 0 saturated carbocycles. The summed E-state index contributed by atoms with van der Waals surface area (Å²) in [7, 11) is 1.73. The molecule has 14 heavy (non-hydrogen) atoms. The van der Waals surface area contributed by atoms with Gasteiger partial charge in [-0.15, -0.1) is 0 Å². The summed E-state index contributed by atoms with van der Waals surface area (Å²) in [4.78, 5) is 1.67. The molecule has 0 radical (unpaired) electrons. The molecular formula is C9H20F2N2S. The second kappa shape index (κ2) is 7.43. The summed E-state index contributed by atoms with van der Waals surface area (Å²) in [5, 5.41) is 2.67. The summed E-state index contributed by atoms with van der Waals surface area (Å²) >= 11 is 1.67. The van der Waals surface area contributed by atoms with Crippen molar-refractivity contribution in [3.8, 4) is 0 Å². The number of thioether (sulfide) groups is 1. The Morgan fingerprint density at radius 1 is 1.43 bits per heavy atom. The van der Waals surface area contributed by atoms with E-state index in [0.717, 1.165) is 5.75 Å². The summed E-state index contributed by atoms with van der Waals surface area (Å²) in [6.07, 6.45) is 1.98. The molecule has 86 valence electrons. The van der Waals surface area contributed by atoms with E-state index >= 15 is 0 Å². The summed E-state index contributed by atoms with van der Waals surface area (Å²) < 4.78 is 26.4. The van der Waals surface area contributed by atoms with Crippen LogP contribution in [-0.2, 0) is 0 Å². The lowest BCUT2D eigenvalue weighted by atomic mass is 10.3. The van der Waals surface area contributed by atoms with Gasteiger partial charge in [-0.2, -0.15) is 11.8 Å². The van der Waals surface area contributed by atoms with E-state index in [1.807, 2.05) is 13.2 Å². The van der Waals surface area contributed by atoms with Crippen LogP contribution in [-0.4, -0.2) is 56.1 Å². The first-order valence-corrected chi connectivity index (χ1v) is 6.17. The van der Waals surface area contributed by atoms with Gasteiger partial charge in [0, 0.05) is 12.3 Å². The first kappa shape index (κ1) is 14.1. The third kappa shape index (κ3) is 7.53. The molecule has 0 aromatic rings. The number of hydrogen-bond donors (Lipinski definition) is 1. The van der Waals surface area contributed by atoms with E-state index in [1.54, 1.807) is 23.7 Å². The minimum atomic E-state index is -2.62. The van der Waals surface area contributed by atoms with E-state index < -0.39 is 5.92 Å². The predicted molar refractivity (Wildman–Crippen MR) is 59.4 cm³/mol. The monoisotopic (exact) mass is 226 g/mol. The maximum atomic E-state index is 13.2. The van der Waals surface area contributed by atoms with Crippen LogP contribution >= 0.6 is 11.8 Å². The highest BCUT2D eigenvalue weighted by molar-refractivity contribution is 7.98. The number of alkyl halides is 2. The largest absolute Gasteiger partial charge is 0.311 e. The van der Waals surface area contributed by atoms with E-state index in [0.29, 0.717) is 13.1 Å². The molecule has 0 bridgehead atoms. The standard InChI is InChI=1S/C9H20F2N2S/c1-4-12-7-9(10,11)8-13(2)5-6-14-3/h12H,4-8H2,1-3H3. The number of nitrogens with zero attached hydrogens (tertiary/aromatic N) is 1. The summed E-state index contributed by atoms with van der Waals surface area (Å²) in [5.41, 5.74) is 0. The van der Waals surface area contributed by atoms with Crippen LogP contribution < -0.4 is 5.32 Å². The summed E-state index contributed by atoms with van der Waals surface area (Å²) in [6, 6.07) is 0. The van der Waals surface area contributed by atoms with Gasteiger partial charge in [-0.3, -0.25) is 4.90 Å². The molecule has 0 aromatic heterocycles. The molecule has 0 spiro atoms. The second-order valence-electron chi connectivity index (χ2n) is 3.37. The van der Waals surface area contributed by atoms with Crippen LogP contribution in [0.5, 0.6) is 0 Å². The Morgan fingerprint density at radius 3 is 2.57 bits per heavy atom. The first-order chi connectivity index (χ1) is 6.52. The van der Waals surface area contributed by atoms with Crippen molar-refractivity contribution in [3.05, 3.63) is 0 Å². The molecule has 0 amide bonds. The maximum absolute atomic E-state index is 13.2. The van der Waals surface area contributed by atoms with Crippen molar-refractivity contribution in [3.63, 3.8) is 0 Å². The normalized spacial score (nSPS) is 12.4. The Bertz CT molecular complexity index is 145. The lowest BCUT2D eigenvalue weighted by molar-refractivity contribution is -0.0231. The quantitative estimate of drug-likeness (QED) is 0.675. The molecule has 5 heteroatoms. The van der Waals surface area contributed by atoms with Crippen molar-refractivity contribution in [2.75, 3.05) is 45.2 Å². The van der Waals surface area contributed by atoms with Gasteiger partial charge in [-0.05, 0) is 19.8 Å². The molecule has 0 heterocycles. The van der Waals surface area contributed by atoms with Gasteiger partial charge < -0.3 is 5.32 Å². The average Bonchev–Trinajstić information content (AvgIpc) is 2.11. The van der Waals surface area contributed by atoms with Gasteiger partial charge in [-0.25, -0.2) is 8.78 Å². The number of hydrogen-bond acceptors (Lipinski definition) is 3. The van der Waals surface area contributed by atoms with Gasteiger partial charge in [0.05, 0.1) is 13.1 Å². The molecule has 0 fully saturated rings. The Kier molecular flexibility index (Phi) is 7.49. The Labute approximate surface area is 89.4 Å². The molecular weight excluding hydrogens is 206 g/mol. The molecule has 0 aliphatic heterocycles. The first-order valence-electron chi connectivity index (χ1n) is 4.78. The van der Waals surface area contributed by atoms with Gasteiger partial charge in [0.2, 0.25) is 0 Å². The van der Waals surface area contributed by atoms with Crippen molar-refractivity contribution < 1.29 is 8.78 Å². The van der Waals surface area contributed by atoms with E-state index in [4.69, 9.17) is 0 Å². The molecule has 0 unspecified atom stereocenters. The van der Waals surface area contributed by atoms with E-state index in [2.05, 4.69) is 5.32 Å². The Hall–Kier alpha value is 0.130. The lowest BCUT2D eigenvalue weighted by Gasteiger charge is -2.23. The van der Waals surface area contributed by atoms with Crippen LogP contribution in [0.25, 0.3) is 0 Å². The van der Waals surface area contributed by atoms with Crippen molar-refractivity contribution in [1.82, 2.24) is 10.2 Å². The van der Waals surface area contributed by atoms with E-state index in [-0.39, 0.29) is 13.1 Å². The highest BCUT2D eigenvalue weighted by Crippen LogP contribution is 2.13. The number of rotatable bonds is 8. The fraction of sp³-hybridized carbons (Fsp3) is 1.00. The third-order valence-corrected chi connectivity index (χ3v) is 2.40. The topological polar surface area (TPSA) is 15.3 Å². The summed E-state index contributed by atoms with van der Waals surface area (Å²) in [5.74, 6) is -1.73. The van der Waals surface area contributed by atoms with Gasteiger partial charge in [-0.1, -0.05) is 6.92 Å². The van der Waals surface area contributed by atoms with Gasteiger partial charge in [0.1, 0.15) is 0 Å². The lowest BCUT2D eigenvalue weighted by Crippen LogP contribution is -2.42. The maximum Gasteiger partial charge on any atom is 0.272 e. The molecule has 1 N–H and O–H groups in total. The smallest absolute Gasteiger partial charge is 0.272 e. The van der Waals surface area contributed by atoms with Gasteiger partial charge in [0.15, 0.2) is 0 Å². The number of nitrogens with one attached hydrogen (secondary N) is 1. The molecule has 2 nitrogen and oxygen atoms in total. The highest BCUT2D eigenvalue weighted by atomic mass is 32.2. The Balaban J connectivity index is 3.70. The van der Waals surface area contributed by atoms with Crippen molar-refractivity contribution >= 4 is 11.8 Å². The average molecular weight is 226 g/mol. The van der Waals surface area contributed by atoms with E-state index in [9.17, 15) is 8.78 Å². The van der Waals surface area contributed by atoms with Crippen molar-refractivity contribution in [2.24, 2.45) is 0 Å².